The molecule has 92 valence electrons. The number of carbonyl (C=O) groups is 1. The lowest BCUT2D eigenvalue weighted by Gasteiger charge is -2.31. The number of amides is 1. The summed E-state index contributed by atoms with van der Waals surface area (Å²) in [6.07, 6.45) is 0.0125. The molecule has 0 aromatic heterocycles. The average molecular weight is 349 g/mol. The van der Waals surface area contributed by atoms with Gasteiger partial charge in [-0.15, -0.1) is 0 Å². The highest BCUT2D eigenvalue weighted by Crippen LogP contribution is 2.16. The Morgan fingerprint density at radius 3 is 3.06 bits per heavy atom. The van der Waals surface area contributed by atoms with E-state index in [1.54, 1.807) is 17.0 Å². The normalized spacial score (nSPS) is 20.4. The van der Waals surface area contributed by atoms with Crippen LogP contribution in [0.5, 0.6) is 0 Å². The summed E-state index contributed by atoms with van der Waals surface area (Å²) >= 11 is 2.07. The molecule has 0 aliphatic carbocycles. The highest BCUT2D eigenvalue weighted by atomic mass is 127. The molecule has 0 N–H and O–H groups in total. The topological polar surface area (TPSA) is 29.5 Å². The molecule has 1 aliphatic rings. The van der Waals surface area contributed by atoms with Crippen molar-refractivity contribution in [2.45, 2.75) is 13.0 Å². The number of benzene rings is 1. The van der Waals surface area contributed by atoms with Crippen molar-refractivity contribution in [1.29, 1.82) is 0 Å². The molecule has 1 aliphatic heterocycles. The summed E-state index contributed by atoms with van der Waals surface area (Å²) < 4.78 is 19.8. The fraction of sp³-hybridized carbons (Fsp3) is 0.417. The standard InChI is InChI=1S/C12H13FINO2/c1-8-7-15(4-5-17-8)12(16)10-6-9(14)2-3-11(10)13/h2-3,6,8H,4-5,7H2,1H3/t8-/m1/s1. The molecule has 5 heteroatoms. The van der Waals surface area contributed by atoms with Crippen molar-refractivity contribution in [3.8, 4) is 0 Å². The molecule has 0 radical (unpaired) electrons. The molecule has 1 aromatic rings. The van der Waals surface area contributed by atoms with Gasteiger partial charge in [0.05, 0.1) is 18.3 Å². The maximum absolute atomic E-state index is 13.6. The van der Waals surface area contributed by atoms with E-state index in [-0.39, 0.29) is 17.6 Å². The minimum Gasteiger partial charge on any atom is -0.375 e. The van der Waals surface area contributed by atoms with Crippen LogP contribution < -0.4 is 0 Å². The second kappa shape index (κ2) is 5.30. The summed E-state index contributed by atoms with van der Waals surface area (Å²) in [5.41, 5.74) is 0.144. The maximum Gasteiger partial charge on any atom is 0.257 e. The average Bonchev–Trinajstić information content (AvgIpc) is 2.31. The number of nitrogens with zero attached hydrogens (tertiary/aromatic N) is 1. The van der Waals surface area contributed by atoms with Gasteiger partial charge in [-0.3, -0.25) is 4.79 Å². The molecule has 2 rings (SSSR count). The number of hydrogen-bond donors (Lipinski definition) is 0. The van der Waals surface area contributed by atoms with Crippen LogP contribution in [0.2, 0.25) is 0 Å². The van der Waals surface area contributed by atoms with Gasteiger partial charge in [-0.1, -0.05) is 0 Å². The van der Waals surface area contributed by atoms with E-state index >= 15 is 0 Å². The predicted octanol–water partition coefficient (Wildman–Crippen LogP) is 2.29. The molecule has 0 unspecified atom stereocenters. The van der Waals surface area contributed by atoms with E-state index in [9.17, 15) is 9.18 Å². The first-order chi connectivity index (χ1) is 8.08. The van der Waals surface area contributed by atoms with Gasteiger partial charge >= 0.3 is 0 Å². The monoisotopic (exact) mass is 349 g/mol. The number of ether oxygens (including phenoxy) is 1. The number of carbonyl (C=O) groups excluding carboxylic acids is 1. The summed E-state index contributed by atoms with van der Waals surface area (Å²) in [6.45, 7) is 3.46. The largest absolute Gasteiger partial charge is 0.375 e. The fourth-order valence-corrected chi connectivity index (χ4v) is 2.33. The third-order valence-electron chi connectivity index (χ3n) is 2.69. The van der Waals surface area contributed by atoms with E-state index < -0.39 is 5.82 Å². The molecule has 0 saturated carbocycles. The van der Waals surface area contributed by atoms with E-state index in [1.807, 2.05) is 6.92 Å². The minimum absolute atomic E-state index is 0.0125. The Morgan fingerprint density at radius 1 is 1.59 bits per heavy atom. The van der Waals surface area contributed by atoms with E-state index in [2.05, 4.69) is 22.6 Å². The van der Waals surface area contributed by atoms with Crippen molar-refractivity contribution in [3.63, 3.8) is 0 Å². The second-order valence-corrected chi connectivity index (χ2v) is 5.30. The third-order valence-corrected chi connectivity index (χ3v) is 3.36. The SMILES string of the molecule is C[C@@H]1CN(C(=O)c2cc(I)ccc2F)CCO1. The van der Waals surface area contributed by atoms with Crippen LogP contribution in [0, 0.1) is 9.39 Å². The van der Waals surface area contributed by atoms with E-state index in [4.69, 9.17) is 4.74 Å². The van der Waals surface area contributed by atoms with Crippen molar-refractivity contribution in [1.82, 2.24) is 4.90 Å². The lowest BCUT2D eigenvalue weighted by Crippen LogP contribution is -2.44. The van der Waals surface area contributed by atoms with Crippen LogP contribution in [0.15, 0.2) is 18.2 Å². The quantitative estimate of drug-likeness (QED) is 0.729. The van der Waals surface area contributed by atoms with Gasteiger partial charge in [0.25, 0.3) is 5.91 Å². The molecule has 1 heterocycles. The van der Waals surface area contributed by atoms with Crippen LogP contribution in [0.1, 0.15) is 17.3 Å². The fourth-order valence-electron chi connectivity index (χ4n) is 1.83. The molecule has 1 aromatic carbocycles. The van der Waals surface area contributed by atoms with Crippen LogP contribution >= 0.6 is 22.6 Å². The molecule has 1 saturated heterocycles. The summed E-state index contributed by atoms with van der Waals surface area (Å²) in [5.74, 6) is -0.717. The van der Waals surface area contributed by atoms with Gasteiger partial charge in [0, 0.05) is 16.7 Å². The van der Waals surface area contributed by atoms with Crippen LogP contribution in [-0.2, 0) is 4.74 Å². The lowest BCUT2D eigenvalue weighted by molar-refractivity contribution is -0.0125. The molecule has 0 spiro atoms. The van der Waals surface area contributed by atoms with Crippen LogP contribution in [0.3, 0.4) is 0 Å². The van der Waals surface area contributed by atoms with Crippen molar-refractivity contribution < 1.29 is 13.9 Å². The number of hydrogen-bond acceptors (Lipinski definition) is 2. The Labute approximate surface area is 113 Å². The van der Waals surface area contributed by atoms with Gasteiger partial charge in [-0.05, 0) is 47.7 Å². The van der Waals surface area contributed by atoms with Crippen molar-refractivity contribution in [2.75, 3.05) is 19.7 Å². The Kier molecular flexibility index (Phi) is 3.98. The van der Waals surface area contributed by atoms with Crippen LogP contribution in [0.25, 0.3) is 0 Å². The smallest absolute Gasteiger partial charge is 0.257 e. The summed E-state index contributed by atoms with van der Waals surface area (Å²) in [6, 6.07) is 4.56. The third kappa shape index (κ3) is 2.95. The number of halogens is 2. The zero-order valence-corrected chi connectivity index (χ0v) is 11.6. The van der Waals surface area contributed by atoms with Crippen molar-refractivity contribution >= 4 is 28.5 Å². The van der Waals surface area contributed by atoms with E-state index in [1.165, 1.54) is 6.07 Å². The number of rotatable bonds is 1. The zero-order valence-electron chi connectivity index (χ0n) is 9.45. The van der Waals surface area contributed by atoms with E-state index in [0.29, 0.717) is 19.7 Å². The maximum atomic E-state index is 13.6. The van der Waals surface area contributed by atoms with Gasteiger partial charge in [0.1, 0.15) is 5.82 Å². The van der Waals surface area contributed by atoms with Crippen molar-refractivity contribution in [3.05, 3.63) is 33.1 Å². The second-order valence-electron chi connectivity index (χ2n) is 4.06. The molecular formula is C12H13FINO2. The molecule has 1 amide bonds. The lowest BCUT2D eigenvalue weighted by atomic mass is 10.1. The highest BCUT2D eigenvalue weighted by Gasteiger charge is 2.24. The molecule has 0 bridgehead atoms. The first-order valence-electron chi connectivity index (χ1n) is 5.44. The van der Waals surface area contributed by atoms with E-state index in [0.717, 1.165) is 3.57 Å². The molecular weight excluding hydrogens is 336 g/mol. The highest BCUT2D eigenvalue weighted by molar-refractivity contribution is 14.1. The van der Waals surface area contributed by atoms with Gasteiger partial charge in [-0.25, -0.2) is 4.39 Å². The summed E-state index contributed by atoms with van der Waals surface area (Å²) in [7, 11) is 0. The van der Waals surface area contributed by atoms with Gasteiger partial charge in [0.15, 0.2) is 0 Å². The Balaban J connectivity index is 2.21. The molecule has 3 nitrogen and oxygen atoms in total. The Hall–Kier alpha value is -0.690. The van der Waals surface area contributed by atoms with Gasteiger partial charge in [-0.2, -0.15) is 0 Å². The molecule has 1 fully saturated rings. The predicted molar refractivity (Wildman–Crippen MR) is 70.4 cm³/mol. The van der Waals surface area contributed by atoms with Crippen LogP contribution in [0.4, 0.5) is 4.39 Å². The summed E-state index contributed by atoms with van der Waals surface area (Å²) in [4.78, 5) is 13.8. The molecule has 1 atom stereocenters. The molecule has 17 heavy (non-hydrogen) atoms. The number of morpholine rings is 1. The van der Waals surface area contributed by atoms with Gasteiger partial charge in [0.2, 0.25) is 0 Å². The van der Waals surface area contributed by atoms with Crippen LogP contribution in [-0.4, -0.2) is 36.6 Å². The Bertz CT molecular complexity index is 439. The first kappa shape index (κ1) is 12.8. The first-order valence-corrected chi connectivity index (χ1v) is 6.51. The van der Waals surface area contributed by atoms with Crippen molar-refractivity contribution in [2.24, 2.45) is 0 Å². The minimum atomic E-state index is -0.463. The zero-order chi connectivity index (χ0) is 12.4. The van der Waals surface area contributed by atoms with Gasteiger partial charge < -0.3 is 9.64 Å². The summed E-state index contributed by atoms with van der Waals surface area (Å²) in [5, 5.41) is 0. The Morgan fingerprint density at radius 2 is 2.35 bits per heavy atom.